The summed E-state index contributed by atoms with van der Waals surface area (Å²) in [5.41, 5.74) is 3.53. The highest BCUT2D eigenvalue weighted by Crippen LogP contribution is 2.66. The van der Waals surface area contributed by atoms with Crippen LogP contribution in [-0.2, 0) is 17.3 Å². The van der Waals surface area contributed by atoms with Crippen LogP contribution >= 0.6 is 0 Å². The first-order chi connectivity index (χ1) is 14.0. The minimum atomic E-state index is -0.546. The first-order valence-corrected chi connectivity index (χ1v) is 9.52. The maximum atomic E-state index is 13.2. The Morgan fingerprint density at radius 3 is 2.86 bits per heavy atom. The number of oxazole rings is 1. The Morgan fingerprint density at radius 1 is 1.24 bits per heavy atom. The van der Waals surface area contributed by atoms with E-state index in [1.54, 1.807) is 22.7 Å². The van der Waals surface area contributed by atoms with E-state index in [9.17, 15) is 9.59 Å². The number of amides is 1. The smallest absolute Gasteiger partial charge is 0.274 e. The molecular formula is C22H18N4O3. The lowest BCUT2D eigenvalue weighted by atomic mass is 9.91. The first-order valence-electron chi connectivity index (χ1n) is 9.52. The molecule has 1 amide bonds. The standard InChI is InChI=1S/C22H18N4O3/c1-25-11-13(12-9-16(19-23-7-8-29-19)24-18(12)20(25)27)15-10-22(15)14-5-3-4-6-17(14)26(2)21(22)28/h3-9,11,15,24H,10H2,1-2H3. The van der Waals surface area contributed by atoms with Gasteiger partial charge in [0.25, 0.3) is 5.56 Å². The molecule has 4 heterocycles. The Morgan fingerprint density at radius 2 is 2.07 bits per heavy atom. The van der Waals surface area contributed by atoms with Gasteiger partial charge >= 0.3 is 0 Å². The monoisotopic (exact) mass is 386 g/mol. The van der Waals surface area contributed by atoms with E-state index in [0.29, 0.717) is 17.1 Å². The predicted octanol–water partition coefficient (Wildman–Crippen LogP) is 2.92. The number of para-hydroxylation sites is 1. The van der Waals surface area contributed by atoms with Gasteiger partial charge in [-0.1, -0.05) is 18.2 Å². The number of benzene rings is 1. The predicted molar refractivity (Wildman–Crippen MR) is 108 cm³/mol. The molecule has 7 nitrogen and oxygen atoms in total. The zero-order valence-electron chi connectivity index (χ0n) is 16.0. The van der Waals surface area contributed by atoms with Crippen LogP contribution in [0.2, 0.25) is 0 Å². The van der Waals surface area contributed by atoms with Crippen LogP contribution in [0.3, 0.4) is 0 Å². The second kappa shape index (κ2) is 5.26. The van der Waals surface area contributed by atoms with Crippen molar-refractivity contribution >= 4 is 22.5 Å². The highest BCUT2D eigenvalue weighted by atomic mass is 16.3. The Bertz CT molecular complexity index is 1360. The maximum Gasteiger partial charge on any atom is 0.274 e. The summed E-state index contributed by atoms with van der Waals surface area (Å²) in [5.74, 6) is 0.569. The third kappa shape index (κ3) is 1.94. The van der Waals surface area contributed by atoms with Gasteiger partial charge in [-0.3, -0.25) is 9.59 Å². The number of aromatic nitrogens is 3. The average Bonchev–Trinajstić information content (AvgIpc) is 3.05. The summed E-state index contributed by atoms with van der Waals surface area (Å²) in [7, 11) is 3.57. The summed E-state index contributed by atoms with van der Waals surface area (Å²) in [6, 6.07) is 9.88. The van der Waals surface area contributed by atoms with Crippen LogP contribution < -0.4 is 10.5 Å². The largest absolute Gasteiger partial charge is 0.443 e. The summed E-state index contributed by atoms with van der Waals surface area (Å²) in [6.45, 7) is 0. The topological polar surface area (TPSA) is 84.1 Å². The fraction of sp³-hybridized carbons (Fsp3) is 0.227. The van der Waals surface area contributed by atoms with Crippen LogP contribution in [0.25, 0.3) is 22.5 Å². The highest BCUT2D eigenvalue weighted by Gasteiger charge is 2.67. The molecular weight excluding hydrogens is 368 g/mol. The molecule has 1 aliphatic heterocycles. The fourth-order valence-electron chi connectivity index (χ4n) is 4.95. The third-order valence-corrected chi connectivity index (χ3v) is 6.43. The SMILES string of the molecule is CN1C(=O)C2(CC2c2cn(C)c(=O)c3[nH]c(-c4ncco4)cc23)c2ccccc21. The number of carbonyl (C=O) groups excluding carboxylic acids is 1. The van der Waals surface area contributed by atoms with Crippen molar-refractivity contribution in [2.45, 2.75) is 17.8 Å². The molecule has 2 unspecified atom stereocenters. The number of H-pyrrole nitrogens is 1. The van der Waals surface area contributed by atoms with Gasteiger partial charge in [0, 0.05) is 37.3 Å². The van der Waals surface area contributed by atoms with E-state index in [-0.39, 0.29) is 17.4 Å². The number of hydrogen-bond acceptors (Lipinski definition) is 4. The molecule has 2 atom stereocenters. The number of nitrogens with one attached hydrogen (secondary N) is 1. The molecule has 6 rings (SSSR count). The summed E-state index contributed by atoms with van der Waals surface area (Å²) in [4.78, 5) is 35.1. The van der Waals surface area contributed by atoms with Crippen molar-refractivity contribution in [3.05, 3.63) is 70.5 Å². The summed E-state index contributed by atoms with van der Waals surface area (Å²) < 4.78 is 6.97. The van der Waals surface area contributed by atoms with E-state index in [4.69, 9.17) is 4.42 Å². The van der Waals surface area contributed by atoms with Crippen LogP contribution in [0, 0.1) is 0 Å². The molecule has 3 aromatic heterocycles. The van der Waals surface area contributed by atoms with Crippen LogP contribution in [0.4, 0.5) is 5.69 Å². The summed E-state index contributed by atoms with van der Waals surface area (Å²) in [5, 5.41) is 0.822. The molecule has 4 aromatic rings. The first kappa shape index (κ1) is 16.4. The van der Waals surface area contributed by atoms with Gasteiger partial charge in [-0.25, -0.2) is 4.98 Å². The van der Waals surface area contributed by atoms with Gasteiger partial charge in [-0.05, 0) is 29.7 Å². The van der Waals surface area contributed by atoms with E-state index in [0.717, 1.165) is 28.6 Å². The number of fused-ring (bicyclic) bond motifs is 3. The number of carbonyl (C=O) groups is 1. The Labute approximate surface area is 165 Å². The minimum Gasteiger partial charge on any atom is -0.443 e. The molecule has 1 spiro atoms. The van der Waals surface area contributed by atoms with E-state index in [1.165, 1.54) is 6.26 Å². The number of nitrogens with zero attached hydrogens (tertiary/aromatic N) is 3. The number of aryl methyl sites for hydroxylation is 1. The van der Waals surface area contributed by atoms with Gasteiger partial charge in [0.05, 0.1) is 11.6 Å². The van der Waals surface area contributed by atoms with Gasteiger partial charge in [-0.2, -0.15) is 0 Å². The molecule has 144 valence electrons. The number of hydrogen-bond donors (Lipinski definition) is 1. The van der Waals surface area contributed by atoms with Gasteiger partial charge in [0.1, 0.15) is 17.5 Å². The Kier molecular flexibility index (Phi) is 2.96. The van der Waals surface area contributed by atoms with Crippen LogP contribution in [0.1, 0.15) is 23.5 Å². The van der Waals surface area contributed by atoms with Crippen molar-refractivity contribution in [1.29, 1.82) is 0 Å². The minimum absolute atomic E-state index is 0.0172. The zero-order valence-corrected chi connectivity index (χ0v) is 16.0. The molecule has 1 aliphatic carbocycles. The Hall–Kier alpha value is -3.61. The van der Waals surface area contributed by atoms with Crippen molar-refractivity contribution in [3.8, 4) is 11.6 Å². The van der Waals surface area contributed by atoms with Gasteiger partial charge < -0.3 is 18.9 Å². The molecule has 1 N–H and O–H groups in total. The number of pyridine rings is 1. The molecule has 29 heavy (non-hydrogen) atoms. The fourth-order valence-corrected chi connectivity index (χ4v) is 4.95. The second-order valence-corrected chi connectivity index (χ2v) is 7.92. The maximum absolute atomic E-state index is 13.2. The van der Waals surface area contributed by atoms with E-state index < -0.39 is 5.41 Å². The van der Waals surface area contributed by atoms with Crippen LogP contribution in [-0.4, -0.2) is 27.5 Å². The highest BCUT2D eigenvalue weighted by molar-refractivity contribution is 6.11. The normalized spacial score (nSPS) is 22.6. The number of anilines is 1. The molecule has 1 saturated carbocycles. The summed E-state index contributed by atoms with van der Waals surface area (Å²) in [6.07, 6.45) is 5.67. The van der Waals surface area contributed by atoms with E-state index in [1.807, 2.05) is 43.6 Å². The second-order valence-electron chi connectivity index (χ2n) is 7.92. The molecule has 0 radical (unpaired) electrons. The van der Waals surface area contributed by atoms with Crippen molar-refractivity contribution in [1.82, 2.24) is 14.5 Å². The van der Waals surface area contributed by atoms with Crippen molar-refractivity contribution in [2.24, 2.45) is 7.05 Å². The molecule has 1 fully saturated rings. The van der Waals surface area contributed by atoms with Crippen LogP contribution in [0.15, 0.2) is 58.2 Å². The van der Waals surface area contributed by atoms with Crippen molar-refractivity contribution in [3.63, 3.8) is 0 Å². The Balaban J connectivity index is 1.56. The lowest BCUT2D eigenvalue weighted by Gasteiger charge is -2.12. The lowest BCUT2D eigenvalue weighted by Crippen LogP contribution is -2.29. The van der Waals surface area contributed by atoms with Gasteiger partial charge in [-0.15, -0.1) is 0 Å². The van der Waals surface area contributed by atoms with Crippen LogP contribution in [0.5, 0.6) is 0 Å². The number of likely N-dealkylation sites (N-methyl/N-ethyl adjacent to an activating group) is 1. The third-order valence-electron chi connectivity index (χ3n) is 6.43. The molecule has 7 heteroatoms. The number of aromatic amines is 1. The van der Waals surface area contributed by atoms with Crippen molar-refractivity contribution in [2.75, 3.05) is 11.9 Å². The zero-order chi connectivity index (χ0) is 19.9. The van der Waals surface area contributed by atoms with E-state index >= 15 is 0 Å². The number of rotatable bonds is 2. The quantitative estimate of drug-likeness (QED) is 0.574. The lowest BCUT2D eigenvalue weighted by molar-refractivity contribution is -0.120. The van der Waals surface area contributed by atoms with Gasteiger partial charge in [0.15, 0.2) is 0 Å². The molecule has 1 aromatic carbocycles. The summed E-state index contributed by atoms with van der Waals surface area (Å²) >= 11 is 0. The van der Waals surface area contributed by atoms with Crippen molar-refractivity contribution < 1.29 is 9.21 Å². The van der Waals surface area contributed by atoms with Gasteiger partial charge in [0.2, 0.25) is 11.8 Å². The molecule has 2 aliphatic rings. The molecule has 0 saturated heterocycles. The van der Waals surface area contributed by atoms with E-state index in [2.05, 4.69) is 9.97 Å². The average molecular weight is 386 g/mol. The molecule has 0 bridgehead atoms.